The third kappa shape index (κ3) is 4.76. The maximum atomic E-state index is 12.3. The maximum Gasteiger partial charge on any atom is 0.234 e. The van der Waals surface area contributed by atoms with Gasteiger partial charge in [0.2, 0.25) is 22.9 Å². The summed E-state index contributed by atoms with van der Waals surface area (Å²) in [6.07, 6.45) is 3.41. The van der Waals surface area contributed by atoms with E-state index in [1.54, 1.807) is 15.9 Å². The fourth-order valence-corrected chi connectivity index (χ4v) is 4.99. The molecule has 29 heavy (non-hydrogen) atoms. The molecule has 1 saturated heterocycles. The first kappa shape index (κ1) is 19.8. The molecule has 152 valence electrons. The van der Waals surface area contributed by atoms with E-state index in [0.29, 0.717) is 28.1 Å². The summed E-state index contributed by atoms with van der Waals surface area (Å²) in [5, 5.41) is 11.7. The van der Waals surface area contributed by atoms with Crippen LogP contribution in [0.4, 0.5) is 16.5 Å². The zero-order valence-electron chi connectivity index (χ0n) is 16.0. The molecule has 3 amide bonds. The number of thioether (sulfide) groups is 1. The Kier molecular flexibility index (Phi) is 5.81. The van der Waals surface area contributed by atoms with Gasteiger partial charge >= 0.3 is 0 Å². The topological polar surface area (TPSA) is 95.5 Å². The number of aromatic nitrogens is 2. The summed E-state index contributed by atoms with van der Waals surface area (Å²) in [4.78, 5) is 39.5. The van der Waals surface area contributed by atoms with Crippen LogP contribution in [0.15, 0.2) is 28.6 Å². The van der Waals surface area contributed by atoms with Crippen LogP contribution in [0, 0.1) is 0 Å². The number of amides is 3. The minimum absolute atomic E-state index is 0.0330. The second kappa shape index (κ2) is 8.50. The molecule has 1 saturated carbocycles. The van der Waals surface area contributed by atoms with E-state index in [1.165, 1.54) is 30.0 Å². The van der Waals surface area contributed by atoms with E-state index in [2.05, 4.69) is 15.5 Å². The summed E-state index contributed by atoms with van der Waals surface area (Å²) in [6, 6.07) is 7.55. The summed E-state index contributed by atoms with van der Waals surface area (Å²) in [5.74, 6) is 0.101. The van der Waals surface area contributed by atoms with Crippen LogP contribution in [0.3, 0.4) is 0 Å². The van der Waals surface area contributed by atoms with Gasteiger partial charge in [-0.25, -0.2) is 0 Å². The maximum absolute atomic E-state index is 12.3. The van der Waals surface area contributed by atoms with Crippen LogP contribution in [0.2, 0.25) is 0 Å². The normalized spacial score (nSPS) is 16.2. The Bertz CT molecular complexity index is 943. The molecule has 2 fully saturated rings. The summed E-state index contributed by atoms with van der Waals surface area (Å²) < 4.78 is 0.651. The highest BCUT2D eigenvalue weighted by atomic mass is 32.2. The Morgan fingerprint density at radius 3 is 2.86 bits per heavy atom. The number of hydrogen-bond donors (Lipinski definition) is 1. The van der Waals surface area contributed by atoms with Gasteiger partial charge in [-0.1, -0.05) is 29.2 Å². The minimum atomic E-state index is -0.165. The van der Waals surface area contributed by atoms with Crippen LogP contribution < -0.4 is 15.1 Å². The highest BCUT2D eigenvalue weighted by molar-refractivity contribution is 8.01. The highest BCUT2D eigenvalue weighted by Gasteiger charge is 2.34. The summed E-state index contributed by atoms with van der Waals surface area (Å²) in [5.41, 5.74) is 1.46. The molecule has 1 aromatic carbocycles. The molecule has 2 heterocycles. The zero-order valence-corrected chi connectivity index (χ0v) is 17.6. The second-order valence-corrected chi connectivity index (χ2v) is 9.19. The first-order valence-electron chi connectivity index (χ1n) is 9.47. The third-order valence-electron chi connectivity index (χ3n) is 4.69. The van der Waals surface area contributed by atoms with Crippen molar-refractivity contribution < 1.29 is 14.4 Å². The first-order chi connectivity index (χ1) is 14.0. The summed E-state index contributed by atoms with van der Waals surface area (Å²) in [7, 11) is 0. The molecule has 4 rings (SSSR count). The van der Waals surface area contributed by atoms with Crippen LogP contribution >= 0.6 is 23.1 Å². The molecule has 0 radical (unpaired) electrons. The van der Waals surface area contributed by atoms with Gasteiger partial charge in [0.25, 0.3) is 0 Å². The van der Waals surface area contributed by atoms with E-state index in [9.17, 15) is 14.4 Å². The van der Waals surface area contributed by atoms with Gasteiger partial charge in [0, 0.05) is 37.3 Å². The van der Waals surface area contributed by atoms with Crippen molar-refractivity contribution in [3.8, 4) is 0 Å². The van der Waals surface area contributed by atoms with E-state index in [1.807, 2.05) is 18.2 Å². The largest absolute Gasteiger partial charge is 0.325 e. The lowest BCUT2D eigenvalue weighted by Gasteiger charge is -2.16. The second-order valence-electron chi connectivity index (χ2n) is 7.01. The van der Waals surface area contributed by atoms with Crippen LogP contribution in [0.5, 0.6) is 0 Å². The van der Waals surface area contributed by atoms with Crippen molar-refractivity contribution in [2.75, 3.05) is 27.4 Å². The van der Waals surface area contributed by atoms with Crippen molar-refractivity contribution in [3.63, 3.8) is 0 Å². The van der Waals surface area contributed by atoms with Crippen molar-refractivity contribution in [1.82, 2.24) is 10.2 Å². The number of benzene rings is 1. The van der Waals surface area contributed by atoms with Crippen LogP contribution in [-0.2, 0) is 14.4 Å². The van der Waals surface area contributed by atoms with Crippen LogP contribution in [-0.4, -0.2) is 46.3 Å². The lowest BCUT2D eigenvalue weighted by Crippen LogP contribution is -2.30. The van der Waals surface area contributed by atoms with Crippen molar-refractivity contribution in [2.45, 2.75) is 43.0 Å². The number of rotatable bonds is 7. The fourth-order valence-electron chi connectivity index (χ4n) is 3.24. The molecule has 0 spiro atoms. The summed E-state index contributed by atoms with van der Waals surface area (Å²) in [6.45, 7) is 2.24. The van der Waals surface area contributed by atoms with Crippen molar-refractivity contribution in [2.24, 2.45) is 0 Å². The molecule has 1 aromatic heterocycles. The van der Waals surface area contributed by atoms with Gasteiger partial charge in [-0.3, -0.25) is 19.3 Å². The van der Waals surface area contributed by atoms with Crippen molar-refractivity contribution in [1.29, 1.82) is 0 Å². The molecule has 1 aliphatic carbocycles. The van der Waals surface area contributed by atoms with Crippen LogP contribution in [0.1, 0.15) is 32.6 Å². The number of carbonyl (C=O) groups excluding carboxylic acids is 3. The van der Waals surface area contributed by atoms with Crippen molar-refractivity contribution in [3.05, 3.63) is 24.3 Å². The SMILES string of the molecule is CC(=O)N(c1nnc(SCC(=O)Nc2cccc(N3CCCC3=O)c2)s1)C1CC1. The van der Waals surface area contributed by atoms with Gasteiger partial charge in [-0.05, 0) is 37.5 Å². The molecule has 8 nitrogen and oxygen atoms in total. The minimum Gasteiger partial charge on any atom is -0.325 e. The van der Waals surface area contributed by atoms with Crippen molar-refractivity contribution >= 4 is 57.3 Å². The zero-order chi connectivity index (χ0) is 20.4. The standard InChI is InChI=1S/C19H21N5O3S2/c1-12(25)24(14-7-8-14)18-21-22-19(29-18)28-11-16(26)20-13-4-2-5-15(10-13)23-9-3-6-17(23)27/h2,4-5,10,14H,3,6-9,11H2,1H3,(H,20,26). The van der Waals surface area contributed by atoms with Gasteiger partial charge in [0.15, 0.2) is 4.34 Å². The predicted molar refractivity (Wildman–Crippen MR) is 113 cm³/mol. The smallest absolute Gasteiger partial charge is 0.234 e. The number of nitrogens with zero attached hydrogens (tertiary/aromatic N) is 4. The molecule has 10 heteroatoms. The quantitative estimate of drug-likeness (QED) is 0.535. The number of hydrogen-bond acceptors (Lipinski definition) is 7. The van der Waals surface area contributed by atoms with E-state index in [4.69, 9.17) is 0 Å². The highest BCUT2D eigenvalue weighted by Crippen LogP contribution is 2.35. The molecule has 1 aliphatic heterocycles. The van der Waals surface area contributed by atoms with E-state index < -0.39 is 0 Å². The average Bonchev–Trinajstić information content (AvgIpc) is 3.23. The van der Waals surface area contributed by atoms with E-state index in [-0.39, 0.29) is 29.5 Å². The molecular weight excluding hydrogens is 410 g/mol. The molecule has 0 bridgehead atoms. The lowest BCUT2D eigenvalue weighted by molar-refractivity contribution is -0.117. The molecular formula is C19H21N5O3S2. The molecule has 2 aromatic rings. The Labute approximate surface area is 176 Å². The average molecular weight is 432 g/mol. The van der Waals surface area contributed by atoms with Crippen LogP contribution in [0.25, 0.3) is 0 Å². The van der Waals surface area contributed by atoms with Gasteiger partial charge in [0.1, 0.15) is 0 Å². The molecule has 2 aliphatic rings. The van der Waals surface area contributed by atoms with E-state index in [0.717, 1.165) is 24.9 Å². The van der Waals surface area contributed by atoms with Gasteiger partial charge in [-0.15, -0.1) is 10.2 Å². The lowest BCUT2D eigenvalue weighted by atomic mass is 10.2. The third-order valence-corrected chi connectivity index (χ3v) is 6.75. The Morgan fingerprint density at radius 1 is 1.34 bits per heavy atom. The number of nitrogens with one attached hydrogen (secondary N) is 1. The molecule has 0 unspecified atom stereocenters. The number of carbonyl (C=O) groups is 3. The monoisotopic (exact) mass is 431 g/mol. The number of anilines is 3. The van der Waals surface area contributed by atoms with Gasteiger partial charge < -0.3 is 10.2 Å². The van der Waals surface area contributed by atoms with Gasteiger partial charge in [0.05, 0.1) is 5.75 Å². The Morgan fingerprint density at radius 2 is 2.17 bits per heavy atom. The first-order valence-corrected chi connectivity index (χ1v) is 11.3. The summed E-state index contributed by atoms with van der Waals surface area (Å²) >= 11 is 2.62. The Hall–Kier alpha value is -2.46. The molecule has 0 atom stereocenters. The predicted octanol–water partition coefficient (Wildman–Crippen LogP) is 2.91. The van der Waals surface area contributed by atoms with E-state index >= 15 is 0 Å². The van der Waals surface area contributed by atoms with Gasteiger partial charge in [-0.2, -0.15) is 0 Å². The fraction of sp³-hybridized carbons (Fsp3) is 0.421. The Balaban J connectivity index is 1.33. The molecule has 1 N–H and O–H groups in total.